The lowest BCUT2D eigenvalue weighted by Crippen LogP contribution is -2.42. The number of benzene rings is 2. The number of nitrogens with one attached hydrogen (secondary N) is 2. The molecule has 0 fully saturated rings. The highest BCUT2D eigenvalue weighted by molar-refractivity contribution is 8.00. The Balaban J connectivity index is 1.88. The van der Waals surface area contributed by atoms with Gasteiger partial charge >= 0.3 is 0 Å². The molecular weight excluding hydrogens is 374 g/mol. The van der Waals surface area contributed by atoms with Crippen LogP contribution >= 0.6 is 23.4 Å². The SMILES string of the molecule is COc1ccc(Cl)cc1C(=O)NNC(=O)CSc1ccc(F)c(F)c1. The van der Waals surface area contributed by atoms with Gasteiger partial charge in [0.15, 0.2) is 11.6 Å². The zero-order chi connectivity index (χ0) is 18.4. The van der Waals surface area contributed by atoms with E-state index in [1.54, 1.807) is 6.07 Å². The van der Waals surface area contributed by atoms with Crippen LogP contribution in [0.5, 0.6) is 5.75 Å². The zero-order valence-corrected chi connectivity index (χ0v) is 14.5. The van der Waals surface area contributed by atoms with E-state index in [4.69, 9.17) is 16.3 Å². The second-order valence-electron chi connectivity index (χ2n) is 4.71. The van der Waals surface area contributed by atoms with E-state index in [2.05, 4.69) is 10.9 Å². The lowest BCUT2D eigenvalue weighted by Gasteiger charge is -2.10. The van der Waals surface area contributed by atoms with Gasteiger partial charge in [-0.1, -0.05) is 11.6 Å². The minimum Gasteiger partial charge on any atom is -0.496 e. The van der Waals surface area contributed by atoms with Gasteiger partial charge in [-0.3, -0.25) is 20.4 Å². The molecular formula is C16H13ClF2N2O3S. The molecule has 0 radical (unpaired) electrons. The third-order valence-corrected chi connectivity index (χ3v) is 4.21. The number of hydrogen-bond donors (Lipinski definition) is 2. The quantitative estimate of drug-likeness (QED) is 0.612. The number of rotatable bonds is 5. The Hall–Kier alpha value is -2.32. The summed E-state index contributed by atoms with van der Waals surface area (Å²) in [6.07, 6.45) is 0. The Morgan fingerprint density at radius 2 is 1.88 bits per heavy atom. The van der Waals surface area contributed by atoms with Crippen molar-refractivity contribution in [2.75, 3.05) is 12.9 Å². The average molecular weight is 387 g/mol. The number of carbonyl (C=O) groups excluding carboxylic acids is 2. The minimum atomic E-state index is -0.994. The maximum Gasteiger partial charge on any atom is 0.273 e. The Labute approximate surface area is 151 Å². The minimum absolute atomic E-state index is 0.0992. The maximum atomic E-state index is 13.1. The van der Waals surface area contributed by atoms with Gasteiger partial charge in [0.25, 0.3) is 5.91 Å². The molecule has 5 nitrogen and oxygen atoms in total. The largest absolute Gasteiger partial charge is 0.496 e. The summed E-state index contributed by atoms with van der Waals surface area (Å²) in [5, 5.41) is 0.339. The third kappa shape index (κ3) is 5.33. The molecule has 0 aliphatic carbocycles. The predicted molar refractivity (Wildman–Crippen MR) is 90.7 cm³/mol. The van der Waals surface area contributed by atoms with Gasteiger partial charge in [0, 0.05) is 9.92 Å². The van der Waals surface area contributed by atoms with Crippen LogP contribution in [-0.2, 0) is 4.79 Å². The first-order chi connectivity index (χ1) is 11.9. The molecule has 0 saturated carbocycles. The summed E-state index contributed by atoms with van der Waals surface area (Å²) in [6, 6.07) is 7.81. The van der Waals surface area contributed by atoms with Crippen molar-refractivity contribution in [2.45, 2.75) is 4.90 Å². The smallest absolute Gasteiger partial charge is 0.273 e. The molecule has 0 aliphatic heterocycles. The van der Waals surface area contributed by atoms with E-state index >= 15 is 0 Å². The van der Waals surface area contributed by atoms with Gasteiger partial charge in [0.05, 0.1) is 18.4 Å². The second kappa shape index (κ2) is 8.68. The fourth-order valence-electron chi connectivity index (χ4n) is 1.80. The van der Waals surface area contributed by atoms with Crippen molar-refractivity contribution in [3.63, 3.8) is 0 Å². The summed E-state index contributed by atoms with van der Waals surface area (Å²) >= 11 is 6.83. The maximum absolute atomic E-state index is 13.1. The van der Waals surface area contributed by atoms with Crippen LogP contribution < -0.4 is 15.6 Å². The Kier molecular flexibility index (Phi) is 6.60. The molecule has 0 saturated heterocycles. The number of carbonyl (C=O) groups is 2. The topological polar surface area (TPSA) is 67.4 Å². The fourth-order valence-corrected chi connectivity index (χ4v) is 2.70. The van der Waals surface area contributed by atoms with E-state index < -0.39 is 23.4 Å². The molecule has 0 aromatic heterocycles. The summed E-state index contributed by atoms with van der Waals surface area (Å²) in [6.45, 7) is 0. The van der Waals surface area contributed by atoms with Crippen LogP contribution in [0.15, 0.2) is 41.3 Å². The van der Waals surface area contributed by atoms with Gasteiger partial charge in [0.1, 0.15) is 5.75 Å². The Bertz CT molecular complexity index is 805. The zero-order valence-electron chi connectivity index (χ0n) is 12.9. The van der Waals surface area contributed by atoms with Crippen molar-refractivity contribution in [1.29, 1.82) is 0 Å². The van der Waals surface area contributed by atoms with Crippen molar-refractivity contribution in [1.82, 2.24) is 10.9 Å². The van der Waals surface area contributed by atoms with Crippen LogP contribution in [0.2, 0.25) is 5.02 Å². The van der Waals surface area contributed by atoms with Crippen LogP contribution in [0.4, 0.5) is 8.78 Å². The van der Waals surface area contributed by atoms with Gasteiger partial charge < -0.3 is 4.74 Å². The molecule has 0 spiro atoms. The van der Waals surface area contributed by atoms with Crippen molar-refractivity contribution in [3.05, 3.63) is 58.6 Å². The van der Waals surface area contributed by atoms with Crippen LogP contribution in [0.3, 0.4) is 0 Å². The molecule has 2 rings (SSSR count). The molecule has 0 heterocycles. The molecule has 0 aliphatic rings. The molecule has 0 unspecified atom stereocenters. The van der Waals surface area contributed by atoms with E-state index in [9.17, 15) is 18.4 Å². The van der Waals surface area contributed by atoms with Crippen molar-refractivity contribution >= 4 is 35.2 Å². The highest BCUT2D eigenvalue weighted by Crippen LogP contribution is 2.22. The van der Waals surface area contributed by atoms with E-state index in [1.165, 1.54) is 25.3 Å². The molecule has 25 heavy (non-hydrogen) atoms. The number of ether oxygens (including phenoxy) is 1. The fraction of sp³-hybridized carbons (Fsp3) is 0.125. The van der Waals surface area contributed by atoms with Gasteiger partial charge in [-0.05, 0) is 36.4 Å². The number of hydrazine groups is 1. The van der Waals surface area contributed by atoms with Crippen molar-refractivity contribution < 1.29 is 23.1 Å². The average Bonchev–Trinajstić information content (AvgIpc) is 2.60. The van der Waals surface area contributed by atoms with E-state index in [-0.39, 0.29) is 11.3 Å². The van der Waals surface area contributed by atoms with E-state index in [0.717, 1.165) is 23.9 Å². The highest BCUT2D eigenvalue weighted by Gasteiger charge is 2.14. The Morgan fingerprint density at radius 3 is 2.56 bits per heavy atom. The number of amides is 2. The summed E-state index contributed by atoms with van der Waals surface area (Å²) in [4.78, 5) is 24.2. The van der Waals surface area contributed by atoms with Crippen LogP contribution in [0, 0.1) is 11.6 Å². The molecule has 0 atom stereocenters. The normalized spacial score (nSPS) is 10.2. The van der Waals surface area contributed by atoms with Crippen LogP contribution in [-0.4, -0.2) is 24.7 Å². The highest BCUT2D eigenvalue weighted by atomic mass is 35.5. The van der Waals surface area contributed by atoms with Crippen molar-refractivity contribution in [2.24, 2.45) is 0 Å². The lowest BCUT2D eigenvalue weighted by molar-refractivity contribution is -0.119. The number of thioether (sulfide) groups is 1. The number of hydrogen-bond acceptors (Lipinski definition) is 4. The van der Waals surface area contributed by atoms with Crippen molar-refractivity contribution in [3.8, 4) is 5.75 Å². The van der Waals surface area contributed by atoms with Gasteiger partial charge in [-0.2, -0.15) is 0 Å². The molecule has 9 heteroatoms. The number of methoxy groups -OCH3 is 1. The first-order valence-corrected chi connectivity index (χ1v) is 8.27. The van der Waals surface area contributed by atoms with Crippen LogP contribution in [0.1, 0.15) is 10.4 Å². The summed E-state index contributed by atoms with van der Waals surface area (Å²) in [5.41, 5.74) is 4.61. The summed E-state index contributed by atoms with van der Waals surface area (Å²) < 4.78 is 31.0. The first kappa shape index (κ1) is 19.0. The Morgan fingerprint density at radius 1 is 1.12 bits per heavy atom. The molecule has 2 aromatic rings. The van der Waals surface area contributed by atoms with Crippen LogP contribution in [0.25, 0.3) is 0 Å². The summed E-state index contributed by atoms with van der Waals surface area (Å²) in [7, 11) is 1.40. The number of halogens is 3. The standard InChI is InChI=1S/C16H13ClF2N2O3S/c1-24-14-5-2-9(17)6-11(14)16(23)21-20-15(22)8-25-10-3-4-12(18)13(19)7-10/h2-7H,8H2,1H3,(H,20,22)(H,21,23). The molecule has 2 aromatic carbocycles. The van der Waals surface area contributed by atoms with E-state index in [1.807, 2.05) is 0 Å². The molecule has 2 amide bonds. The lowest BCUT2D eigenvalue weighted by atomic mass is 10.2. The molecule has 2 N–H and O–H groups in total. The third-order valence-electron chi connectivity index (χ3n) is 2.98. The second-order valence-corrected chi connectivity index (χ2v) is 6.20. The predicted octanol–water partition coefficient (Wildman–Crippen LogP) is 3.18. The van der Waals surface area contributed by atoms with Gasteiger partial charge in [-0.25, -0.2) is 8.78 Å². The molecule has 132 valence electrons. The first-order valence-electron chi connectivity index (χ1n) is 6.91. The summed E-state index contributed by atoms with van der Waals surface area (Å²) in [5.74, 6) is -2.89. The van der Waals surface area contributed by atoms with E-state index in [0.29, 0.717) is 15.7 Å². The molecule has 0 bridgehead atoms. The monoisotopic (exact) mass is 386 g/mol. The van der Waals surface area contributed by atoms with Gasteiger partial charge in [-0.15, -0.1) is 11.8 Å². The van der Waals surface area contributed by atoms with Gasteiger partial charge in [0.2, 0.25) is 5.91 Å².